The van der Waals surface area contributed by atoms with Crippen molar-refractivity contribution in [3.8, 4) is 0 Å². The van der Waals surface area contributed by atoms with Gasteiger partial charge in [0.2, 0.25) is 0 Å². The van der Waals surface area contributed by atoms with E-state index in [0.717, 1.165) is 0 Å². The number of aromatic nitrogens is 1. The Morgan fingerprint density at radius 3 is 2.81 bits per heavy atom. The summed E-state index contributed by atoms with van der Waals surface area (Å²) in [5, 5.41) is 2.86. The van der Waals surface area contributed by atoms with Crippen molar-refractivity contribution in [2.75, 3.05) is 0 Å². The van der Waals surface area contributed by atoms with E-state index in [1.54, 1.807) is 13.8 Å². The Balaban J connectivity index is 2.73. The molecule has 0 fully saturated rings. The lowest BCUT2D eigenvalue weighted by Gasteiger charge is -2.12. The van der Waals surface area contributed by atoms with Crippen molar-refractivity contribution >= 4 is 23.3 Å². The zero-order valence-corrected chi connectivity index (χ0v) is 9.91. The SMILES string of the molecule is CCC(=O)C(C)NC(=O)c1ccncc1Cl. The van der Waals surface area contributed by atoms with Gasteiger partial charge in [-0.3, -0.25) is 14.6 Å². The average Bonchev–Trinajstić information content (AvgIpc) is 2.28. The van der Waals surface area contributed by atoms with Gasteiger partial charge in [-0.25, -0.2) is 0 Å². The molecule has 0 bridgehead atoms. The fraction of sp³-hybridized carbons (Fsp3) is 0.364. The Morgan fingerprint density at radius 1 is 1.56 bits per heavy atom. The van der Waals surface area contributed by atoms with E-state index < -0.39 is 6.04 Å². The highest BCUT2D eigenvalue weighted by Crippen LogP contribution is 2.13. The molecule has 4 nitrogen and oxygen atoms in total. The second-order valence-corrected chi connectivity index (χ2v) is 3.78. The minimum atomic E-state index is -0.498. The number of hydrogen-bond acceptors (Lipinski definition) is 3. The first kappa shape index (κ1) is 12.6. The third-order valence-electron chi connectivity index (χ3n) is 2.20. The molecule has 16 heavy (non-hydrogen) atoms. The number of halogens is 1. The van der Waals surface area contributed by atoms with Gasteiger partial charge in [-0.05, 0) is 13.0 Å². The van der Waals surface area contributed by atoms with E-state index in [1.165, 1.54) is 18.5 Å². The molecular weight excluding hydrogens is 228 g/mol. The van der Waals surface area contributed by atoms with Crippen LogP contribution in [0.25, 0.3) is 0 Å². The topological polar surface area (TPSA) is 59.1 Å². The number of ketones is 1. The zero-order valence-electron chi connectivity index (χ0n) is 9.16. The van der Waals surface area contributed by atoms with Gasteiger partial charge in [-0.2, -0.15) is 0 Å². The first-order chi connectivity index (χ1) is 7.56. The van der Waals surface area contributed by atoms with Crippen molar-refractivity contribution in [3.63, 3.8) is 0 Å². The molecule has 0 radical (unpaired) electrons. The minimum absolute atomic E-state index is 0.0153. The number of nitrogens with one attached hydrogen (secondary N) is 1. The number of Topliss-reactive ketones (excluding diaryl/α,β-unsaturated/α-hetero) is 1. The summed E-state index contributed by atoms with van der Waals surface area (Å²) in [4.78, 5) is 26.8. The summed E-state index contributed by atoms with van der Waals surface area (Å²) in [7, 11) is 0. The van der Waals surface area contributed by atoms with Crippen molar-refractivity contribution in [1.29, 1.82) is 0 Å². The smallest absolute Gasteiger partial charge is 0.253 e. The molecule has 1 rings (SSSR count). The molecule has 1 heterocycles. The number of pyridine rings is 1. The predicted molar refractivity (Wildman–Crippen MR) is 61.5 cm³/mol. The number of nitrogens with zero attached hydrogens (tertiary/aromatic N) is 1. The van der Waals surface area contributed by atoms with Crippen molar-refractivity contribution in [2.24, 2.45) is 0 Å². The Labute approximate surface area is 99.0 Å². The Kier molecular flexibility index (Phi) is 4.43. The molecule has 0 aliphatic rings. The van der Waals surface area contributed by atoms with Gasteiger partial charge in [0.15, 0.2) is 5.78 Å². The van der Waals surface area contributed by atoms with E-state index in [4.69, 9.17) is 11.6 Å². The Hall–Kier alpha value is -1.42. The van der Waals surface area contributed by atoms with Gasteiger partial charge in [0.25, 0.3) is 5.91 Å². The lowest BCUT2D eigenvalue weighted by atomic mass is 10.1. The third kappa shape index (κ3) is 3.03. The molecule has 0 saturated carbocycles. The van der Waals surface area contributed by atoms with Crippen LogP contribution in [0.15, 0.2) is 18.5 Å². The fourth-order valence-corrected chi connectivity index (χ4v) is 1.43. The summed E-state index contributed by atoms with van der Waals surface area (Å²) in [5.41, 5.74) is 0.326. The van der Waals surface area contributed by atoms with E-state index in [9.17, 15) is 9.59 Å². The van der Waals surface area contributed by atoms with Crippen LogP contribution >= 0.6 is 11.6 Å². The molecule has 0 aliphatic heterocycles. The summed E-state index contributed by atoms with van der Waals surface area (Å²) in [6, 6.07) is 1.02. The van der Waals surface area contributed by atoms with E-state index in [-0.39, 0.29) is 16.7 Å². The first-order valence-corrected chi connectivity index (χ1v) is 5.37. The third-order valence-corrected chi connectivity index (χ3v) is 2.50. The van der Waals surface area contributed by atoms with E-state index >= 15 is 0 Å². The standard InChI is InChI=1S/C11H13ClN2O2/c1-3-10(15)7(2)14-11(16)8-4-5-13-6-9(8)12/h4-7H,3H2,1-2H3,(H,14,16). The highest BCUT2D eigenvalue weighted by Gasteiger charge is 2.16. The fourth-order valence-electron chi connectivity index (χ4n) is 1.22. The van der Waals surface area contributed by atoms with E-state index in [2.05, 4.69) is 10.3 Å². The quantitative estimate of drug-likeness (QED) is 0.874. The van der Waals surface area contributed by atoms with Crippen LogP contribution in [0.4, 0.5) is 0 Å². The van der Waals surface area contributed by atoms with Crippen LogP contribution in [-0.4, -0.2) is 22.7 Å². The van der Waals surface area contributed by atoms with Gasteiger partial charge in [-0.1, -0.05) is 18.5 Å². The van der Waals surface area contributed by atoms with Gasteiger partial charge in [0.1, 0.15) is 0 Å². The minimum Gasteiger partial charge on any atom is -0.342 e. The number of rotatable bonds is 4. The molecule has 1 unspecified atom stereocenters. The van der Waals surface area contributed by atoms with Gasteiger partial charge in [0.05, 0.1) is 16.6 Å². The zero-order chi connectivity index (χ0) is 12.1. The molecule has 5 heteroatoms. The van der Waals surface area contributed by atoms with E-state index in [0.29, 0.717) is 12.0 Å². The van der Waals surface area contributed by atoms with Crippen molar-refractivity contribution in [2.45, 2.75) is 26.3 Å². The van der Waals surface area contributed by atoms with Crippen LogP contribution in [0.5, 0.6) is 0 Å². The molecule has 1 amide bonds. The molecule has 0 aliphatic carbocycles. The normalized spacial score (nSPS) is 11.9. The molecule has 1 aromatic rings. The van der Waals surface area contributed by atoms with Gasteiger partial charge in [-0.15, -0.1) is 0 Å². The molecule has 86 valence electrons. The van der Waals surface area contributed by atoms with Crippen molar-refractivity contribution in [3.05, 3.63) is 29.0 Å². The molecule has 0 aromatic carbocycles. The molecular formula is C11H13ClN2O2. The predicted octanol–water partition coefficient (Wildman–Crippen LogP) is 1.83. The molecule has 0 spiro atoms. The second kappa shape index (κ2) is 5.61. The lowest BCUT2D eigenvalue weighted by molar-refractivity contribution is -0.120. The van der Waals surface area contributed by atoms with E-state index in [1.807, 2.05) is 0 Å². The Morgan fingerprint density at radius 2 is 2.25 bits per heavy atom. The number of carbonyl (C=O) groups is 2. The molecule has 0 saturated heterocycles. The molecule has 1 aromatic heterocycles. The monoisotopic (exact) mass is 240 g/mol. The number of hydrogen-bond donors (Lipinski definition) is 1. The molecule has 1 N–H and O–H groups in total. The highest BCUT2D eigenvalue weighted by atomic mass is 35.5. The highest BCUT2D eigenvalue weighted by molar-refractivity contribution is 6.33. The van der Waals surface area contributed by atoms with Gasteiger partial charge >= 0.3 is 0 Å². The summed E-state index contributed by atoms with van der Waals surface area (Å²) in [5.74, 6) is -0.375. The summed E-state index contributed by atoms with van der Waals surface area (Å²) < 4.78 is 0. The summed E-state index contributed by atoms with van der Waals surface area (Å²) >= 11 is 5.81. The lowest BCUT2D eigenvalue weighted by Crippen LogP contribution is -2.38. The van der Waals surface area contributed by atoms with Crippen LogP contribution in [-0.2, 0) is 4.79 Å². The van der Waals surface area contributed by atoms with Crippen LogP contribution in [0.3, 0.4) is 0 Å². The first-order valence-electron chi connectivity index (χ1n) is 4.99. The van der Waals surface area contributed by atoms with Crippen LogP contribution < -0.4 is 5.32 Å². The van der Waals surface area contributed by atoms with Crippen LogP contribution in [0, 0.1) is 0 Å². The molecule has 1 atom stereocenters. The van der Waals surface area contributed by atoms with Crippen molar-refractivity contribution < 1.29 is 9.59 Å². The largest absolute Gasteiger partial charge is 0.342 e. The maximum absolute atomic E-state index is 11.7. The maximum Gasteiger partial charge on any atom is 0.253 e. The van der Waals surface area contributed by atoms with Gasteiger partial charge < -0.3 is 5.32 Å². The van der Waals surface area contributed by atoms with Crippen molar-refractivity contribution in [1.82, 2.24) is 10.3 Å². The van der Waals surface area contributed by atoms with Crippen LogP contribution in [0.2, 0.25) is 5.02 Å². The Bertz CT molecular complexity index is 407. The maximum atomic E-state index is 11.7. The summed E-state index contributed by atoms with van der Waals surface area (Å²) in [6.45, 7) is 3.41. The average molecular weight is 241 g/mol. The second-order valence-electron chi connectivity index (χ2n) is 3.37. The summed E-state index contributed by atoms with van der Waals surface area (Å²) in [6.07, 6.45) is 3.27. The number of carbonyl (C=O) groups excluding carboxylic acids is 2. The van der Waals surface area contributed by atoms with Gasteiger partial charge in [0, 0.05) is 18.8 Å². The van der Waals surface area contributed by atoms with Crippen LogP contribution in [0.1, 0.15) is 30.6 Å². The number of amides is 1.